The Balaban J connectivity index is 0.000000238. The highest BCUT2D eigenvalue weighted by molar-refractivity contribution is 5.80. The molecule has 7 N–H and O–H groups in total. The van der Waals surface area contributed by atoms with Crippen LogP contribution in [0.4, 0.5) is 34.9 Å². The van der Waals surface area contributed by atoms with Crippen LogP contribution in [0.1, 0.15) is 89.5 Å². The molecule has 0 radical (unpaired) electrons. The van der Waals surface area contributed by atoms with Crippen LogP contribution in [-0.2, 0) is 19.6 Å². The summed E-state index contributed by atoms with van der Waals surface area (Å²) in [5, 5.41) is 57.4. The number of aliphatic hydroxyl groups excluding tert-OH is 2. The fourth-order valence-corrected chi connectivity index (χ4v) is 9.87. The Bertz CT molecular complexity index is 2870. The lowest BCUT2D eigenvalue weighted by Gasteiger charge is -2.27. The summed E-state index contributed by atoms with van der Waals surface area (Å²) in [6.07, 6.45) is 11.2. The quantitative estimate of drug-likeness (QED) is 0.0201. The fraction of sp³-hybridized carbons (Fsp3) is 0.431. The second-order valence-corrected chi connectivity index (χ2v) is 20.3. The Morgan fingerprint density at radius 1 is 0.610 bits per heavy atom. The predicted octanol–water partition coefficient (Wildman–Crippen LogP) is 10.1. The van der Waals surface area contributed by atoms with E-state index >= 15 is 0 Å². The summed E-state index contributed by atoms with van der Waals surface area (Å²) < 4.78 is 0. The maximum atomic E-state index is 11.6. The van der Waals surface area contributed by atoms with Gasteiger partial charge in [-0.05, 0) is 179 Å². The van der Waals surface area contributed by atoms with Crippen LogP contribution in [0.25, 0.3) is 22.3 Å². The molecule has 0 amide bonds. The molecule has 8 rings (SSSR count). The van der Waals surface area contributed by atoms with Gasteiger partial charge in [-0.1, -0.05) is 72.8 Å². The number of aliphatic hydroxyl groups is 2. The van der Waals surface area contributed by atoms with Crippen molar-refractivity contribution in [3.8, 4) is 22.3 Å². The molecule has 77 heavy (non-hydrogen) atoms. The normalized spacial score (nSPS) is 16.9. The number of aldehydes is 1. The summed E-state index contributed by atoms with van der Waals surface area (Å²) in [6, 6.07) is 28.3. The van der Waals surface area contributed by atoms with E-state index in [4.69, 9.17) is 0 Å². The Kier molecular flexibility index (Phi) is 22.7. The molecule has 2 saturated carbocycles. The van der Waals surface area contributed by atoms with Gasteiger partial charge in [0.05, 0.1) is 9.85 Å². The van der Waals surface area contributed by atoms with Gasteiger partial charge in [0.15, 0.2) is 0 Å². The lowest BCUT2D eigenvalue weighted by Crippen LogP contribution is -2.23. The average molecular weight is 1050 g/mol. The summed E-state index contributed by atoms with van der Waals surface area (Å²) in [5.74, 6) is 2.63. The molecule has 0 unspecified atom stereocenters. The third-order valence-electron chi connectivity index (χ3n) is 14.3. The Morgan fingerprint density at radius 2 is 1.03 bits per heavy atom. The van der Waals surface area contributed by atoms with E-state index in [1.807, 2.05) is 63.5 Å². The molecule has 4 aromatic carbocycles. The summed E-state index contributed by atoms with van der Waals surface area (Å²) in [4.78, 5) is 52.7. The minimum absolute atomic E-state index is 0.129. The SMILES string of the molecule is CNC.Cc1c(CNc2ncc([N+](=O)[O-])c(NCC3CCC(CO)CC3)n2)cccc1-c1cccc(C=O)c1.Cc1c(CNc2ncc([N+](=O)[O-])c(NCC3CCC(CO)CC3)n2)cccc1-c1cccc(CN(C)C)c1. The summed E-state index contributed by atoms with van der Waals surface area (Å²) in [5.41, 5.74) is 10.3. The molecule has 19 nitrogen and oxygen atoms in total. The lowest BCUT2D eigenvalue weighted by molar-refractivity contribution is -0.384. The van der Waals surface area contributed by atoms with Gasteiger partial charge in [-0.2, -0.15) is 9.97 Å². The van der Waals surface area contributed by atoms with E-state index in [0.29, 0.717) is 67.3 Å². The first-order valence-electron chi connectivity index (χ1n) is 26.5. The average Bonchev–Trinajstić information content (AvgIpc) is 3.44. The first-order valence-corrected chi connectivity index (χ1v) is 26.5. The molecule has 0 atom stereocenters. The van der Waals surface area contributed by atoms with E-state index < -0.39 is 9.85 Å². The fourth-order valence-electron chi connectivity index (χ4n) is 9.87. The van der Waals surface area contributed by atoms with Crippen molar-refractivity contribution in [1.82, 2.24) is 30.2 Å². The van der Waals surface area contributed by atoms with Crippen LogP contribution in [0.2, 0.25) is 0 Å². The summed E-state index contributed by atoms with van der Waals surface area (Å²) in [6.45, 7) is 7.62. The predicted molar refractivity (Wildman–Crippen MR) is 305 cm³/mol. The van der Waals surface area contributed by atoms with Gasteiger partial charge >= 0.3 is 11.4 Å². The van der Waals surface area contributed by atoms with Crippen LogP contribution < -0.4 is 26.6 Å². The molecule has 0 spiro atoms. The molecule has 2 fully saturated rings. The zero-order chi connectivity index (χ0) is 55.3. The molecule has 2 aliphatic carbocycles. The van der Waals surface area contributed by atoms with Crippen LogP contribution in [0.3, 0.4) is 0 Å². The Morgan fingerprint density at radius 3 is 1.44 bits per heavy atom. The van der Waals surface area contributed by atoms with E-state index in [1.165, 1.54) is 34.6 Å². The standard InChI is InChI=1S/C29H38N6O3.C27H31N5O4.C2H7N/c1-20-25(8-5-9-26(20)24-7-4-6-23(14-24)18-34(2)3)16-31-29-32-17-27(35(37)38)28(33-29)30-15-21-10-12-22(19-36)13-11-21;1-18-23(6-3-7-24(18)22-5-2-4-21(12-22)17-34)14-29-27-30-15-25(32(35)36)26(31-27)28-13-19-8-10-20(16-33)11-9-19;1-3-2/h4-9,14,17,21-22,36H,10-13,15-16,18-19H2,1-3H3,(H2,30,31,32,33);2-7,12,15,17,19-20,33H,8-11,13-14,16H2,1H3,(H2,28,29,30,31);3H,1-2H3. The van der Waals surface area contributed by atoms with E-state index in [2.05, 4.69) is 109 Å². The van der Waals surface area contributed by atoms with Crippen LogP contribution in [0.5, 0.6) is 0 Å². The minimum atomic E-state index is -0.476. The number of carbonyl (C=O) groups is 1. The minimum Gasteiger partial charge on any atom is -0.396 e. The number of hydrogen-bond donors (Lipinski definition) is 7. The van der Waals surface area contributed by atoms with Crippen LogP contribution >= 0.6 is 0 Å². The number of carbonyl (C=O) groups excluding carboxylic acids is 1. The molecule has 2 aliphatic rings. The van der Waals surface area contributed by atoms with Crippen molar-refractivity contribution in [2.75, 3.05) is 75.8 Å². The highest BCUT2D eigenvalue weighted by Gasteiger charge is 2.25. The molecule has 410 valence electrons. The molecule has 0 aliphatic heterocycles. The molecule has 2 heterocycles. The molecule has 0 saturated heterocycles. The van der Waals surface area contributed by atoms with Gasteiger partial charge in [0.2, 0.25) is 23.5 Å². The van der Waals surface area contributed by atoms with Gasteiger partial charge in [-0.3, -0.25) is 25.0 Å². The highest BCUT2D eigenvalue weighted by atomic mass is 16.6. The van der Waals surface area contributed by atoms with Crippen molar-refractivity contribution in [3.63, 3.8) is 0 Å². The number of hydrogen-bond acceptors (Lipinski definition) is 17. The van der Waals surface area contributed by atoms with E-state index in [-0.39, 0.29) is 36.2 Å². The molecule has 2 aromatic heterocycles. The zero-order valence-corrected chi connectivity index (χ0v) is 45.3. The number of anilines is 4. The summed E-state index contributed by atoms with van der Waals surface area (Å²) >= 11 is 0. The second kappa shape index (κ2) is 29.7. The zero-order valence-electron chi connectivity index (χ0n) is 45.3. The van der Waals surface area contributed by atoms with Crippen LogP contribution in [0.15, 0.2) is 97.3 Å². The summed E-state index contributed by atoms with van der Waals surface area (Å²) in [7, 11) is 7.88. The number of rotatable bonds is 21. The smallest absolute Gasteiger partial charge is 0.329 e. The topological polar surface area (TPSA) is 259 Å². The first-order chi connectivity index (χ1) is 37.2. The van der Waals surface area contributed by atoms with Crippen molar-refractivity contribution < 1.29 is 24.9 Å². The van der Waals surface area contributed by atoms with Gasteiger partial charge in [-0.15, -0.1) is 0 Å². The van der Waals surface area contributed by atoms with Crippen molar-refractivity contribution >= 4 is 41.2 Å². The number of nitrogens with one attached hydrogen (secondary N) is 5. The molecule has 0 bridgehead atoms. The number of benzene rings is 4. The molecule has 19 heteroatoms. The largest absolute Gasteiger partial charge is 0.396 e. The van der Waals surface area contributed by atoms with Crippen molar-refractivity contribution in [2.45, 2.75) is 84.8 Å². The monoisotopic (exact) mass is 1050 g/mol. The van der Waals surface area contributed by atoms with Crippen molar-refractivity contribution in [1.29, 1.82) is 0 Å². The van der Waals surface area contributed by atoms with Crippen molar-refractivity contribution in [2.24, 2.45) is 23.7 Å². The maximum Gasteiger partial charge on any atom is 0.329 e. The number of nitro groups is 2. The maximum absolute atomic E-state index is 11.6. The Hall–Kier alpha value is -7.45. The number of nitrogens with zero attached hydrogens (tertiary/aromatic N) is 7. The first kappa shape index (κ1) is 58.8. The highest BCUT2D eigenvalue weighted by Crippen LogP contribution is 2.33. The van der Waals surface area contributed by atoms with Crippen LogP contribution in [-0.4, -0.2) is 106 Å². The number of aromatic nitrogens is 4. The van der Waals surface area contributed by atoms with E-state index in [9.17, 15) is 35.2 Å². The van der Waals surface area contributed by atoms with E-state index in [1.54, 1.807) is 6.07 Å². The lowest BCUT2D eigenvalue weighted by atomic mass is 9.82. The van der Waals surface area contributed by atoms with Crippen molar-refractivity contribution in [3.05, 3.63) is 151 Å². The Labute approximate surface area is 452 Å². The van der Waals surface area contributed by atoms with Gasteiger partial charge < -0.3 is 41.7 Å². The molecular weight excluding hydrogens is 977 g/mol. The molecular formula is C58H76N12O7. The van der Waals surface area contributed by atoms with Gasteiger partial charge in [0, 0.05) is 51.5 Å². The van der Waals surface area contributed by atoms with Crippen LogP contribution in [0, 0.1) is 57.7 Å². The third kappa shape index (κ3) is 17.3. The van der Waals surface area contributed by atoms with Gasteiger partial charge in [0.25, 0.3) is 0 Å². The van der Waals surface area contributed by atoms with Gasteiger partial charge in [0.1, 0.15) is 18.7 Å². The molecule has 6 aromatic rings. The second-order valence-electron chi connectivity index (χ2n) is 20.3. The third-order valence-corrected chi connectivity index (χ3v) is 14.3. The van der Waals surface area contributed by atoms with Gasteiger partial charge in [-0.25, -0.2) is 9.97 Å². The van der Waals surface area contributed by atoms with E-state index in [0.717, 1.165) is 92.0 Å².